The van der Waals surface area contributed by atoms with Crippen LogP contribution in [0.1, 0.15) is 11.1 Å². The number of rotatable bonds is 4. The summed E-state index contributed by atoms with van der Waals surface area (Å²) in [6.07, 6.45) is 0. The summed E-state index contributed by atoms with van der Waals surface area (Å²) in [6, 6.07) is 58.2. The molecule has 0 aliphatic rings. The maximum absolute atomic E-state index is 12.6. The highest BCUT2D eigenvalue weighted by molar-refractivity contribution is 14.1. The van der Waals surface area contributed by atoms with E-state index in [-0.39, 0.29) is 0 Å². The van der Waals surface area contributed by atoms with Crippen molar-refractivity contribution in [1.29, 1.82) is 10.5 Å². The van der Waals surface area contributed by atoms with Crippen LogP contribution in [0.25, 0.3) is 110 Å². The lowest BCUT2D eigenvalue weighted by Crippen LogP contribution is -2.16. The van der Waals surface area contributed by atoms with Crippen LogP contribution in [0.15, 0.2) is 146 Å². The zero-order chi connectivity index (χ0) is 48.0. The summed E-state index contributed by atoms with van der Waals surface area (Å²) < 4.78 is 17.9. The van der Waals surface area contributed by atoms with Gasteiger partial charge in [-0.05, 0) is 326 Å². The Hall–Kier alpha value is -3.00. The second-order valence-electron chi connectivity index (χ2n) is 17.0. The Kier molecular flexibility index (Phi) is 11.9. The lowest BCUT2D eigenvalue weighted by Gasteiger charge is -2.27. The lowest BCUT2D eigenvalue weighted by molar-refractivity contribution is 1.02. The smallest absolute Gasteiger partial charge is 0.104 e. The number of benzene rings is 9. The molecule has 14 heteroatoms. The van der Waals surface area contributed by atoms with Gasteiger partial charge in [-0.3, -0.25) is 0 Å². The van der Waals surface area contributed by atoms with E-state index in [2.05, 4.69) is 357 Å². The van der Waals surface area contributed by atoms with E-state index >= 15 is 0 Å². The first-order chi connectivity index (χ1) is 33.9. The van der Waals surface area contributed by atoms with Gasteiger partial charge in [0.15, 0.2) is 0 Å². The molecule has 13 rings (SSSR count). The van der Waals surface area contributed by atoms with Gasteiger partial charge in [0.05, 0.1) is 66.9 Å². The molecule has 4 aromatic heterocycles. The molecule has 13 aromatic rings. The number of nitrogens with zero attached hydrogens (tertiary/aromatic N) is 6. The zero-order valence-corrected chi connectivity index (χ0v) is 52.8. The van der Waals surface area contributed by atoms with Gasteiger partial charge in [-0.2, -0.15) is 10.5 Å². The van der Waals surface area contributed by atoms with Gasteiger partial charge >= 0.3 is 0 Å². The highest BCUT2D eigenvalue weighted by Crippen LogP contribution is 2.49. The van der Waals surface area contributed by atoms with Gasteiger partial charge in [-0.15, -0.1) is 0 Å². The van der Waals surface area contributed by atoms with Crippen LogP contribution in [-0.2, 0) is 0 Å². The van der Waals surface area contributed by atoms with Gasteiger partial charge in [0.1, 0.15) is 23.3 Å². The van der Waals surface area contributed by atoms with Crippen molar-refractivity contribution < 1.29 is 0 Å². The number of hydrogen-bond acceptors (Lipinski definition) is 2. The van der Waals surface area contributed by atoms with E-state index in [0.717, 1.165) is 116 Å². The number of aromatic nitrogens is 4. The van der Waals surface area contributed by atoms with Crippen LogP contribution in [0.2, 0.25) is 0 Å². The van der Waals surface area contributed by atoms with E-state index in [0.29, 0.717) is 33.9 Å². The molecule has 0 aliphatic heterocycles. The standard InChI is InChI=1S/C56H24I8N6/c57-27-1-9-45-35(17-27)36-18-28(58)2-10-46(36)67(45)53-43(25-65)55(69-49-13-5-31(61)21-39(49)40-22-32(62)6-14-50(40)69)56(70-51-15-7-33(63)23-41(51)42-24-34(64)8-16-52(42)70)44(26-66)54(53)68-47-11-3-29(59)19-37(47)38-20-30(60)4-12-48(38)68/h1-24H. The minimum Gasteiger partial charge on any atom is -0.306 e. The molecule has 4 heterocycles. The van der Waals surface area contributed by atoms with Gasteiger partial charge in [0.25, 0.3) is 0 Å². The highest BCUT2D eigenvalue weighted by Gasteiger charge is 2.35. The number of nitriles is 2. The Morgan fingerprint density at radius 1 is 0.243 bits per heavy atom. The van der Waals surface area contributed by atoms with Crippen molar-refractivity contribution in [3.05, 3.63) is 185 Å². The fraction of sp³-hybridized carbons (Fsp3) is 0. The van der Waals surface area contributed by atoms with Crippen molar-refractivity contribution in [3.63, 3.8) is 0 Å². The predicted octanol–water partition coefficient (Wildman–Crippen LogP) is 18.7. The summed E-state index contributed by atoms with van der Waals surface area (Å²) in [5.74, 6) is 0. The normalized spacial score (nSPS) is 12.0. The number of halogens is 8. The molecule has 9 aromatic carbocycles. The van der Waals surface area contributed by atoms with E-state index in [4.69, 9.17) is 0 Å². The monoisotopic (exact) mass is 1800 g/mol. The highest BCUT2D eigenvalue weighted by atomic mass is 127. The van der Waals surface area contributed by atoms with E-state index in [9.17, 15) is 10.5 Å². The molecule has 0 saturated heterocycles. The van der Waals surface area contributed by atoms with E-state index < -0.39 is 0 Å². The molecule has 0 fully saturated rings. The Balaban J connectivity index is 1.39. The topological polar surface area (TPSA) is 67.3 Å². The number of fused-ring (bicyclic) bond motifs is 12. The maximum atomic E-state index is 12.6. The Bertz CT molecular complexity index is 3810. The van der Waals surface area contributed by atoms with Crippen molar-refractivity contribution >= 4 is 268 Å². The summed E-state index contributed by atoms with van der Waals surface area (Å²) in [4.78, 5) is 0. The molecule has 70 heavy (non-hydrogen) atoms. The van der Waals surface area contributed by atoms with E-state index in [1.165, 1.54) is 0 Å². The second-order valence-corrected chi connectivity index (χ2v) is 27.0. The molecule has 0 atom stereocenters. The maximum Gasteiger partial charge on any atom is 0.104 e. The lowest BCUT2D eigenvalue weighted by atomic mass is 9.98. The van der Waals surface area contributed by atoms with Gasteiger partial charge < -0.3 is 18.3 Å². The molecule has 0 spiro atoms. The molecule has 0 unspecified atom stereocenters. The van der Waals surface area contributed by atoms with Crippen LogP contribution in [0, 0.1) is 51.2 Å². The SMILES string of the molecule is N#Cc1c(-n2c3ccc(I)cc3c3cc(I)ccc32)c(-n2c3ccc(I)cc3c3cc(I)ccc32)c(C#N)c(-n2c3ccc(I)cc3c3cc(I)ccc32)c1-n1c2ccc(I)cc2c2cc(I)ccc21. The van der Waals surface area contributed by atoms with Crippen LogP contribution >= 0.6 is 181 Å². The molecule has 0 amide bonds. The molecule has 0 aliphatic carbocycles. The van der Waals surface area contributed by atoms with Crippen LogP contribution in [0.4, 0.5) is 0 Å². The van der Waals surface area contributed by atoms with Gasteiger partial charge in [-0.1, -0.05) is 0 Å². The van der Waals surface area contributed by atoms with Crippen molar-refractivity contribution in [2.24, 2.45) is 0 Å². The zero-order valence-electron chi connectivity index (χ0n) is 35.6. The first-order valence-corrected chi connectivity index (χ1v) is 30.2. The predicted molar refractivity (Wildman–Crippen MR) is 355 cm³/mol. The first kappa shape index (κ1) is 46.8. The van der Waals surface area contributed by atoms with Crippen LogP contribution < -0.4 is 0 Å². The molecule has 6 nitrogen and oxygen atoms in total. The van der Waals surface area contributed by atoms with Gasteiger partial charge in [0, 0.05) is 71.7 Å². The average molecular weight is 1800 g/mol. The summed E-state index contributed by atoms with van der Waals surface area (Å²) in [5.41, 5.74) is 10.9. The van der Waals surface area contributed by atoms with Crippen LogP contribution in [-0.4, -0.2) is 18.3 Å². The summed E-state index contributed by atoms with van der Waals surface area (Å²) >= 11 is 19.2. The molecule has 0 radical (unpaired) electrons. The Morgan fingerprint density at radius 3 is 0.514 bits per heavy atom. The molecule has 0 saturated carbocycles. The molecule has 334 valence electrons. The minimum atomic E-state index is 0.438. The van der Waals surface area contributed by atoms with Crippen molar-refractivity contribution in [1.82, 2.24) is 18.3 Å². The van der Waals surface area contributed by atoms with Crippen LogP contribution in [0.3, 0.4) is 0 Å². The third-order valence-corrected chi connectivity index (χ3v) is 18.6. The van der Waals surface area contributed by atoms with E-state index in [1.54, 1.807) is 0 Å². The fourth-order valence-corrected chi connectivity index (χ4v) is 14.5. The molecule has 0 bridgehead atoms. The second kappa shape index (κ2) is 17.8. The molecular formula is C56H24I8N6. The summed E-state index contributed by atoms with van der Waals surface area (Å²) in [6.45, 7) is 0. The van der Waals surface area contributed by atoms with Gasteiger partial charge in [0.2, 0.25) is 0 Å². The first-order valence-electron chi connectivity index (χ1n) is 21.5. The third kappa shape index (κ3) is 7.15. The average Bonchev–Trinajstić information content (AvgIpc) is 4.03. The summed E-state index contributed by atoms with van der Waals surface area (Å²) in [7, 11) is 0. The van der Waals surface area contributed by atoms with Crippen molar-refractivity contribution in [3.8, 4) is 34.9 Å². The Labute approximate surface area is 508 Å². The summed E-state index contributed by atoms with van der Waals surface area (Å²) in [5, 5.41) is 33.7. The largest absolute Gasteiger partial charge is 0.306 e. The van der Waals surface area contributed by atoms with Crippen LogP contribution in [0.5, 0.6) is 0 Å². The third-order valence-electron chi connectivity index (χ3n) is 13.3. The Morgan fingerprint density at radius 2 is 0.386 bits per heavy atom. The van der Waals surface area contributed by atoms with Crippen molar-refractivity contribution in [2.45, 2.75) is 0 Å². The molecule has 0 N–H and O–H groups in total. The van der Waals surface area contributed by atoms with Gasteiger partial charge in [-0.25, -0.2) is 0 Å². The fourth-order valence-electron chi connectivity index (χ4n) is 10.6. The minimum absolute atomic E-state index is 0.438. The number of hydrogen-bond donors (Lipinski definition) is 0. The quantitative estimate of drug-likeness (QED) is 0.165. The molecular weight excluding hydrogens is 1770 g/mol. The van der Waals surface area contributed by atoms with E-state index in [1.807, 2.05) is 0 Å². The van der Waals surface area contributed by atoms with Crippen molar-refractivity contribution in [2.75, 3.05) is 0 Å².